The van der Waals surface area contributed by atoms with E-state index in [9.17, 15) is 19.8 Å². The molecule has 0 aliphatic rings. The number of phenolic OH excluding ortho intramolecular Hbond substituents is 1. The lowest BCUT2D eigenvalue weighted by Gasteiger charge is -2.15. The molecular weight excluding hydrogens is 408 g/mol. The summed E-state index contributed by atoms with van der Waals surface area (Å²) in [4.78, 5) is 27.3. The molecule has 0 bridgehead atoms. The van der Waals surface area contributed by atoms with E-state index >= 15 is 0 Å². The number of carbonyl (C=O) groups is 2. The Morgan fingerprint density at radius 2 is 1.62 bits per heavy atom. The maximum absolute atomic E-state index is 12.1. The van der Waals surface area contributed by atoms with Crippen molar-refractivity contribution in [2.75, 3.05) is 6.54 Å². The number of aliphatic imine (C=N–C) groups is 1. The molecule has 0 unspecified atom stereocenters. The minimum atomic E-state index is -4.67. The lowest BCUT2D eigenvalue weighted by atomic mass is 9.91. The van der Waals surface area contributed by atoms with Crippen molar-refractivity contribution in [1.29, 1.82) is 0 Å². The van der Waals surface area contributed by atoms with E-state index < -0.39 is 28.3 Å². The minimum Gasteiger partial charge on any atom is -0.508 e. The number of hydrogen-bond donors (Lipinski definition) is 7. The first kappa shape index (κ1) is 26.3. The summed E-state index contributed by atoms with van der Waals surface area (Å²) in [6.45, 7) is 0.374. The van der Waals surface area contributed by atoms with Crippen LogP contribution in [0.4, 0.5) is 0 Å². The lowest BCUT2D eigenvalue weighted by Crippen LogP contribution is -2.34. The van der Waals surface area contributed by atoms with Gasteiger partial charge in [0.2, 0.25) is 0 Å². The van der Waals surface area contributed by atoms with Gasteiger partial charge in [0.05, 0.1) is 12.0 Å². The van der Waals surface area contributed by atoms with E-state index in [1.54, 1.807) is 12.1 Å². The highest BCUT2D eigenvalue weighted by atomic mass is 32.3. The Morgan fingerprint density at radius 3 is 2.07 bits per heavy atom. The van der Waals surface area contributed by atoms with E-state index in [4.69, 9.17) is 34.7 Å². The predicted octanol–water partition coefficient (Wildman–Crippen LogP) is -0.677. The first-order valence-corrected chi connectivity index (χ1v) is 9.73. The molecule has 0 amide bonds. The Morgan fingerprint density at radius 1 is 1.10 bits per heavy atom. The molecule has 0 aliphatic heterocycles. The van der Waals surface area contributed by atoms with E-state index in [2.05, 4.69) is 4.99 Å². The van der Waals surface area contributed by atoms with Gasteiger partial charge < -0.3 is 27.4 Å². The lowest BCUT2D eigenvalue weighted by molar-refractivity contribution is -0.143. The van der Waals surface area contributed by atoms with Crippen LogP contribution in [-0.4, -0.2) is 58.0 Å². The summed E-state index contributed by atoms with van der Waals surface area (Å²) in [7, 11) is -4.67. The van der Waals surface area contributed by atoms with Crippen molar-refractivity contribution in [3.63, 3.8) is 0 Å². The van der Waals surface area contributed by atoms with Crippen LogP contribution in [0, 0.1) is 5.92 Å². The molecule has 0 aliphatic carbocycles. The van der Waals surface area contributed by atoms with Gasteiger partial charge in [-0.25, -0.2) is 0 Å². The van der Waals surface area contributed by atoms with E-state index in [-0.39, 0.29) is 30.3 Å². The van der Waals surface area contributed by atoms with Crippen LogP contribution in [0.1, 0.15) is 24.8 Å². The molecule has 0 fully saturated rings. The molecule has 10 N–H and O–H groups in total. The quantitative estimate of drug-likeness (QED) is 0.105. The molecule has 0 aromatic heterocycles. The number of carbonyl (C=O) groups excluding carboxylic acids is 1. The Hall–Kier alpha value is -2.74. The molecule has 29 heavy (non-hydrogen) atoms. The number of ketones is 1. The summed E-state index contributed by atoms with van der Waals surface area (Å²) < 4.78 is 31.6. The molecular formula is C16H26N4O8S. The summed E-state index contributed by atoms with van der Waals surface area (Å²) in [5.41, 5.74) is 16.9. The number of nitrogens with zero attached hydrogens (tertiary/aromatic N) is 1. The van der Waals surface area contributed by atoms with Gasteiger partial charge in [-0.1, -0.05) is 12.1 Å². The Bertz CT molecular complexity index is 784. The summed E-state index contributed by atoms with van der Waals surface area (Å²) >= 11 is 0. The zero-order valence-corrected chi connectivity index (χ0v) is 16.3. The fraction of sp³-hybridized carbons (Fsp3) is 0.438. The number of guanidine groups is 1. The third-order valence-corrected chi connectivity index (χ3v) is 3.60. The molecule has 1 rings (SSSR count). The fourth-order valence-electron chi connectivity index (χ4n) is 2.24. The number of rotatable bonds is 10. The number of carboxylic acids is 1. The van der Waals surface area contributed by atoms with Crippen molar-refractivity contribution >= 4 is 28.1 Å². The Balaban J connectivity index is 0.00000139. The normalized spacial score (nSPS) is 12.8. The standard InChI is InChI=1S/C16H24N4O4.H2O4S/c17-13(2-1-7-20-16(18)19)14(22)9-11(15(23)24)8-10-3-5-12(21)6-4-10;1-5(2,3)4/h3-6,11,13,21H,1-2,7-9,17H2,(H,23,24)(H4,18,19,20);(H2,1,2,3,4)/t11-,13+;/m1./s1. The molecule has 2 atom stereocenters. The molecule has 0 radical (unpaired) electrons. The van der Waals surface area contributed by atoms with Gasteiger partial charge in [-0.15, -0.1) is 0 Å². The minimum absolute atomic E-state index is 0.0188. The summed E-state index contributed by atoms with van der Waals surface area (Å²) in [6, 6.07) is 5.48. The largest absolute Gasteiger partial charge is 0.508 e. The number of hydrogen-bond acceptors (Lipinski definition) is 7. The molecule has 164 valence electrons. The van der Waals surface area contributed by atoms with Crippen molar-refractivity contribution in [2.45, 2.75) is 31.7 Å². The predicted molar refractivity (Wildman–Crippen MR) is 105 cm³/mol. The second-order valence-corrected chi connectivity index (χ2v) is 6.97. The zero-order valence-electron chi connectivity index (χ0n) is 15.5. The van der Waals surface area contributed by atoms with E-state index in [0.717, 1.165) is 5.56 Å². The third-order valence-electron chi connectivity index (χ3n) is 3.60. The molecule has 13 heteroatoms. The van der Waals surface area contributed by atoms with Gasteiger partial charge in [-0.2, -0.15) is 8.42 Å². The molecule has 0 saturated carbocycles. The summed E-state index contributed by atoms with van der Waals surface area (Å²) in [5.74, 6) is -2.12. The first-order valence-electron chi connectivity index (χ1n) is 8.34. The number of phenols is 1. The van der Waals surface area contributed by atoms with Crippen LogP contribution in [0.15, 0.2) is 29.3 Å². The van der Waals surface area contributed by atoms with Crippen LogP contribution >= 0.6 is 0 Å². The van der Waals surface area contributed by atoms with Gasteiger partial charge in [0.25, 0.3) is 0 Å². The number of nitrogens with two attached hydrogens (primary N) is 3. The van der Waals surface area contributed by atoms with Crippen LogP contribution in [0.5, 0.6) is 5.75 Å². The molecule has 0 spiro atoms. The van der Waals surface area contributed by atoms with Gasteiger partial charge in [-0.05, 0) is 37.0 Å². The van der Waals surface area contributed by atoms with Crippen LogP contribution in [0.3, 0.4) is 0 Å². The fourth-order valence-corrected chi connectivity index (χ4v) is 2.24. The molecule has 1 aromatic rings. The first-order chi connectivity index (χ1) is 13.3. The smallest absolute Gasteiger partial charge is 0.394 e. The number of benzene rings is 1. The average Bonchev–Trinajstić information content (AvgIpc) is 2.58. The van der Waals surface area contributed by atoms with Crippen LogP contribution in [0.25, 0.3) is 0 Å². The van der Waals surface area contributed by atoms with Crippen molar-refractivity contribution < 1.29 is 37.3 Å². The van der Waals surface area contributed by atoms with Gasteiger partial charge in [0, 0.05) is 13.0 Å². The van der Waals surface area contributed by atoms with E-state index in [1.165, 1.54) is 12.1 Å². The average molecular weight is 434 g/mol. The monoisotopic (exact) mass is 434 g/mol. The molecule has 12 nitrogen and oxygen atoms in total. The molecule has 0 heterocycles. The van der Waals surface area contributed by atoms with Crippen LogP contribution in [0.2, 0.25) is 0 Å². The van der Waals surface area contributed by atoms with E-state index in [0.29, 0.717) is 19.4 Å². The summed E-state index contributed by atoms with van der Waals surface area (Å²) in [6.07, 6.45) is 0.989. The topological polar surface area (TPSA) is 240 Å². The zero-order chi connectivity index (χ0) is 22.6. The molecule has 1 aromatic carbocycles. The van der Waals surface area contributed by atoms with Crippen molar-refractivity contribution in [2.24, 2.45) is 28.1 Å². The number of Topliss-reactive ketones (excluding diaryl/α,β-unsaturated/α-hetero) is 1. The highest BCUT2D eigenvalue weighted by molar-refractivity contribution is 7.79. The van der Waals surface area contributed by atoms with Crippen molar-refractivity contribution in [3.8, 4) is 5.75 Å². The second-order valence-electron chi connectivity index (χ2n) is 6.08. The Labute approximate surface area is 168 Å². The number of aromatic hydroxyl groups is 1. The SMILES string of the molecule is NC(N)=NCCC[C@H](N)C(=O)C[C@@H](Cc1ccc(O)cc1)C(=O)O.O=S(=O)(O)O. The van der Waals surface area contributed by atoms with Gasteiger partial charge in [-0.3, -0.25) is 23.7 Å². The third kappa shape index (κ3) is 14.9. The highest BCUT2D eigenvalue weighted by Crippen LogP contribution is 2.17. The van der Waals surface area contributed by atoms with Gasteiger partial charge in [0.1, 0.15) is 11.5 Å². The van der Waals surface area contributed by atoms with Gasteiger partial charge in [0.15, 0.2) is 5.96 Å². The number of carboxylic acid groups (broad SMARTS) is 1. The van der Waals surface area contributed by atoms with Crippen LogP contribution < -0.4 is 17.2 Å². The maximum Gasteiger partial charge on any atom is 0.394 e. The number of aliphatic carboxylic acids is 1. The van der Waals surface area contributed by atoms with Crippen molar-refractivity contribution in [1.82, 2.24) is 0 Å². The maximum atomic E-state index is 12.1. The summed E-state index contributed by atoms with van der Waals surface area (Å²) in [5, 5.41) is 18.6. The van der Waals surface area contributed by atoms with Gasteiger partial charge >= 0.3 is 16.4 Å². The van der Waals surface area contributed by atoms with E-state index in [1.807, 2.05) is 0 Å². The second kappa shape index (κ2) is 12.7. The Kier molecular flexibility index (Phi) is 11.5. The van der Waals surface area contributed by atoms with Crippen LogP contribution in [-0.2, 0) is 26.4 Å². The van der Waals surface area contributed by atoms with Crippen molar-refractivity contribution in [3.05, 3.63) is 29.8 Å². The molecule has 0 saturated heterocycles. The highest BCUT2D eigenvalue weighted by Gasteiger charge is 2.24.